The SMILES string of the molecule is O=C1Nc2ccccc2/C1=C1/SC(=S)N(C(Cc2ccccc2)OCO)C1=O. The van der Waals surface area contributed by atoms with Crippen molar-refractivity contribution in [3.63, 3.8) is 0 Å². The Bertz CT molecular complexity index is 991. The van der Waals surface area contributed by atoms with Crippen molar-refractivity contribution in [3.8, 4) is 0 Å². The van der Waals surface area contributed by atoms with Gasteiger partial charge in [-0.2, -0.15) is 0 Å². The molecule has 2 aliphatic heterocycles. The van der Waals surface area contributed by atoms with Gasteiger partial charge in [-0.1, -0.05) is 72.5 Å². The molecule has 0 bridgehead atoms. The first-order valence-corrected chi connectivity index (χ1v) is 9.79. The number of rotatable bonds is 5. The third kappa shape index (κ3) is 3.35. The second-order valence-corrected chi connectivity index (χ2v) is 7.83. The summed E-state index contributed by atoms with van der Waals surface area (Å²) in [5, 5.41) is 12.1. The van der Waals surface area contributed by atoms with Crippen LogP contribution in [0, 0.1) is 0 Å². The number of hydrogen-bond acceptors (Lipinski definition) is 6. The molecule has 1 atom stereocenters. The topological polar surface area (TPSA) is 78.9 Å². The molecule has 142 valence electrons. The normalized spacial score (nSPS) is 19.8. The predicted octanol–water partition coefficient (Wildman–Crippen LogP) is 2.75. The maximum Gasteiger partial charge on any atom is 0.269 e. The van der Waals surface area contributed by atoms with Crippen LogP contribution in [0.3, 0.4) is 0 Å². The molecule has 2 heterocycles. The van der Waals surface area contributed by atoms with Crippen LogP contribution in [0.4, 0.5) is 5.69 Å². The lowest BCUT2D eigenvalue weighted by molar-refractivity contribution is -0.140. The largest absolute Gasteiger partial charge is 0.371 e. The van der Waals surface area contributed by atoms with E-state index in [1.165, 1.54) is 4.90 Å². The van der Waals surface area contributed by atoms with Gasteiger partial charge in [0.2, 0.25) is 0 Å². The highest BCUT2D eigenvalue weighted by molar-refractivity contribution is 8.26. The first-order valence-electron chi connectivity index (χ1n) is 8.57. The van der Waals surface area contributed by atoms with E-state index in [0.29, 0.717) is 27.6 Å². The molecule has 1 unspecified atom stereocenters. The molecule has 1 fully saturated rings. The number of carbonyl (C=O) groups is 2. The highest BCUT2D eigenvalue weighted by Gasteiger charge is 2.42. The molecule has 0 aliphatic carbocycles. The number of fused-ring (bicyclic) bond motifs is 1. The Hall–Kier alpha value is -2.52. The van der Waals surface area contributed by atoms with Crippen molar-refractivity contribution in [2.24, 2.45) is 0 Å². The molecule has 2 aromatic carbocycles. The minimum atomic E-state index is -0.766. The Morgan fingerprint density at radius 1 is 1.11 bits per heavy atom. The second kappa shape index (κ2) is 7.84. The molecule has 0 spiro atoms. The lowest BCUT2D eigenvalue weighted by Crippen LogP contribution is -2.42. The van der Waals surface area contributed by atoms with Crippen molar-refractivity contribution in [1.82, 2.24) is 4.90 Å². The van der Waals surface area contributed by atoms with E-state index in [0.717, 1.165) is 17.3 Å². The Morgan fingerprint density at radius 2 is 1.82 bits per heavy atom. The van der Waals surface area contributed by atoms with Crippen LogP contribution in [0.1, 0.15) is 11.1 Å². The van der Waals surface area contributed by atoms with Gasteiger partial charge in [0.15, 0.2) is 4.32 Å². The number of aliphatic hydroxyl groups is 1. The third-order valence-corrected chi connectivity index (χ3v) is 5.91. The van der Waals surface area contributed by atoms with Gasteiger partial charge in [-0.3, -0.25) is 14.5 Å². The summed E-state index contributed by atoms with van der Waals surface area (Å²) in [5.74, 6) is -0.726. The average molecular weight is 412 g/mol. The quantitative estimate of drug-likeness (QED) is 0.447. The van der Waals surface area contributed by atoms with E-state index in [-0.39, 0.29) is 10.8 Å². The number of hydrogen-bond donors (Lipinski definition) is 2. The standard InChI is InChI=1S/C20H16N2O4S2/c23-11-26-15(10-12-6-2-1-3-7-12)22-19(25)17(28-20(22)27)16-13-8-4-5-9-14(13)21-18(16)24/h1-9,15,23H,10-11H2,(H,21,24)/b17-16-. The Morgan fingerprint density at radius 3 is 2.57 bits per heavy atom. The number of thioether (sulfide) groups is 1. The van der Waals surface area contributed by atoms with Crippen LogP contribution in [0.25, 0.3) is 5.57 Å². The summed E-state index contributed by atoms with van der Waals surface area (Å²) in [6.45, 7) is -0.552. The summed E-state index contributed by atoms with van der Waals surface area (Å²) in [7, 11) is 0. The van der Waals surface area contributed by atoms with Crippen LogP contribution in [-0.4, -0.2) is 39.2 Å². The second-order valence-electron chi connectivity index (χ2n) is 6.19. The molecule has 0 saturated carbocycles. The maximum absolute atomic E-state index is 13.2. The van der Waals surface area contributed by atoms with E-state index in [1.54, 1.807) is 12.1 Å². The molecule has 8 heteroatoms. The number of nitrogens with one attached hydrogen (secondary N) is 1. The minimum Gasteiger partial charge on any atom is -0.371 e. The van der Waals surface area contributed by atoms with Gasteiger partial charge in [-0.15, -0.1) is 0 Å². The number of carbonyl (C=O) groups excluding carboxylic acids is 2. The summed E-state index contributed by atoms with van der Waals surface area (Å²) in [5.41, 5.74) is 2.60. The predicted molar refractivity (Wildman–Crippen MR) is 111 cm³/mol. The summed E-state index contributed by atoms with van der Waals surface area (Å²) in [6.07, 6.45) is -0.406. The number of ether oxygens (including phenoxy) is 1. The maximum atomic E-state index is 13.2. The van der Waals surface area contributed by atoms with Crippen molar-refractivity contribution in [3.05, 3.63) is 70.6 Å². The van der Waals surface area contributed by atoms with E-state index in [2.05, 4.69) is 5.32 Å². The highest BCUT2D eigenvalue weighted by atomic mass is 32.2. The van der Waals surface area contributed by atoms with E-state index in [9.17, 15) is 14.7 Å². The molecular weight excluding hydrogens is 396 g/mol. The highest BCUT2D eigenvalue weighted by Crippen LogP contribution is 2.42. The van der Waals surface area contributed by atoms with Crippen molar-refractivity contribution in [1.29, 1.82) is 0 Å². The fraction of sp³-hybridized carbons (Fsp3) is 0.150. The van der Waals surface area contributed by atoms with Crippen molar-refractivity contribution in [2.75, 3.05) is 12.1 Å². The van der Waals surface area contributed by atoms with Gasteiger partial charge >= 0.3 is 0 Å². The number of nitrogens with zero attached hydrogens (tertiary/aromatic N) is 1. The van der Waals surface area contributed by atoms with Crippen LogP contribution in [-0.2, 0) is 20.7 Å². The number of benzene rings is 2. The van der Waals surface area contributed by atoms with E-state index >= 15 is 0 Å². The molecule has 2 aromatic rings. The van der Waals surface area contributed by atoms with E-state index in [1.807, 2.05) is 42.5 Å². The van der Waals surface area contributed by atoms with E-state index < -0.39 is 18.9 Å². The third-order valence-electron chi connectivity index (χ3n) is 4.51. The van der Waals surface area contributed by atoms with Crippen LogP contribution in [0.5, 0.6) is 0 Å². The molecule has 2 amide bonds. The molecule has 0 aromatic heterocycles. The minimum absolute atomic E-state index is 0.270. The fourth-order valence-electron chi connectivity index (χ4n) is 3.25. The van der Waals surface area contributed by atoms with Crippen LogP contribution in [0.2, 0.25) is 0 Å². The van der Waals surface area contributed by atoms with Crippen LogP contribution < -0.4 is 5.32 Å². The van der Waals surface area contributed by atoms with Gasteiger partial charge in [0, 0.05) is 17.7 Å². The summed E-state index contributed by atoms with van der Waals surface area (Å²) in [6, 6.07) is 16.7. The molecular formula is C20H16N2O4S2. The fourth-order valence-corrected chi connectivity index (χ4v) is 4.66. The molecule has 1 saturated heterocycles. The van der Waals surface area contributed by atoms with Crippen LogP contribution in [0.15, 0.2) is 59.5 Å². The zero-order valence-electron chi connectivity index (χ0n) is 14.6. The first kappa shape index (κ1) is 18.8. The average Bonchev–Trinajstić information content (AvgIpc) is 3.17. The van der Waals surface area contributed by atoms with Gasteiger partial charge in [0.1, 0.15) is 13.0 Å². The Balaban J connectivity index is 1.69. The van der Waals surface area contributed by atoms with Gasteiger partial charge in [0.25, 0.3) is 11.8 Å². The first-order chi connectivity index (χ1) is 13.6. The Labute approximate surface area is 171 Å². The lowest BCUT2D eigenvalue weighted by atomic mass is 10.1. The number of anilines is 1. The number of thiocarbonyl (C=S) groups is 1. The number of aliphatic hydroxyl groups excluding tert-OH is 1. The van der Waals surface area contributed by atoms with Crippen molar-refractivity contribution < 1.29 is 19.4 Å². The summed E-state index contributed by atoms with van der Waals surface area (Å²) >= 11 is 6.49. The molecule has 2 aliphatic rings. The van der Waals surface area contributed by atoms with Crippen LogP contribution >= 0.6 is 24.0 Å². The smallest absolute Gasteiger partial charge is 0.269 e. The number of para-hydroxylation sites is 1. The van der Waals surface area contributed by atoms with Crippen molar-refractivity contribution in [2.45, 2.75) is 12.6 Å². The van der Waals surface area contributed by atoms with Crippen molar-refractivity contribution >= 4 is 51.4 Å². The molecule has 28 heavy (non-hydrogen) atoms. The Kier molecular flexibility index (Phi) is 5.27. The van der Waals surface area contributed by atoms with E-state index in [4.69, 9.17) is 17.0 Å². The molecule has 4 rings (SSSR count). The van der Waals surface area contributed by atoms with Gasteiger partial charge in [-0.05, 0) is 11.6 Å². The van der Waals surface area contributed by atoms with Gasteiger partial charge < -0.3 is 15.2 Å². The number of amides is 2. The summed E-state index contributed by atoms with van der Waals surface area (Å²) in [4.78, 5) is 27.3. The van der Waals surface area contributed by atoms with Gasteiger partial charge in [-0.25, -0.2) is 0 Å². The molecule has 0 radical (unpaired) electrons. The zero-order chi connectivity index (χ0) is 19.7. The molecule has 6 nitrogen and oxygen atoms in total. The summed E-state index contributed by atoms with van der Waals surface area (Å²) < 4.78 is 5.71. The lowest BCUT2D eigenvalue weighted by Gasteiger charge is -2.26. The van der Waals surface area contributed by atoms with Gasteiger partial charge in [0.05, 0.1) is 10.5 Å². The zero-order valence-corrected chi connectivity index (χ0v) is 16.3. The molecule has 2 N–H and O–H groups in total. The monoisotopic (exact) mass is 412 g/mol.